The van der Waals surface area contributed by atoms with Crippen LogP contribution in [0.4, 0.5) is 0 Å². The lowest BCUT2D eigenvalue weighted by atomic mass is 9.93. The van der Waals surface area contributed by atoms with E-state index in [1.165, 1.54) is 18.1 Å². The Bertz CT molecular complexity index is 1120. The van der Waals surface area contributed by atoms with Gasteiger partial charge in [-0.2, -0.15) is 0 Å². The number of phenolic OH excluding ortho intramolecular Hbond substituents is 1. The number of aliphatic hydroxyl groups excluding tert-OH is 1. The topological polar surface area (TPSA) is 106 Å². The maximum atomic E-state index is 13.2. The number of Topliss-reactive ketones (excluding diaryl/α,β-unsaturated/α-hetero) is 1. The fourth-order valence-electron chi connectivity index (χ4n) is 4.47. The number of ketones is 1. The van der Waals surface area contributed by atoms with E-state index in [9.17, 15) is 19.8 Å². The second kappa shape index (κ2) is 9.15. The van der Waals surface area contributed by atoms with Crippen molar-refractivity contribution in [1.29, 1.82) is 0 Å². The van der Waals surface area contributed by atoms with Crippen LogP contribution in [0.25, 0.3) is 5.76 Å². The number of nitrogens with zero attached hydrogens (tertiary/aromatic N) is 1. The molecule has 0 bridgehead atoms. The number of hydrogen-bond acceptors (Lipinski definition) is 7. The third-order valence-electron chi connectivity index (χ3n) is 6.17. The highest BCUT2D eigenvalue weighted by atomic mass is 16.5. The van der Waals surface area contributed by atoms with Crippen LogP contribution in [0.2, 0.25) is 0 Å². The number of phenols is 1. The molecule has 2 heterocycles. The van der Waals surface area contributed by atoms with Crippen molar-refractivity contribution in [2.45, 2.75) is 31.9 Å². The Balaban J connectivity index is 1.86. The standard InChI is InChI=1S/C25H27NO7/c1-14-11-16(31-2)7-8-18(14)23(28)21-22(15-6-9-20(32-3)19(27)12-15)26(25(30)24(21)29)13-17-5-4-10-33-17/h6-9,11-12,17,22,27-28H,4-5,10,13H2,1-3H3/b23-21-. The fraction of sp³-hybridized carbons (Fsp3) is 0.360. The lowest BCUT2D eigenvalue weighted by Gasteiger charge is -2.27. The van der Waals surface area contributed by atoms with Gasteiger partial charge < -0.3 is 29.3 Å². The molecule has 0 aromatic heterocycles. The monoisotopic (exact) mass is 453 g/mol. The zero-order valence-corrected chi connectivity index (χ0v) is 18.8. The average molecular weight is 453 g/mol. The minimum Gasteiger partial charge on any atom is -0.507 e. The number of benzene rings is 2. The number of aromatic hydroxyl groups is 1. The second-order valence-corrected chi connectivity index (χ2v) is 8.20. The molecule has 33 heavy (non-hydrogen) atoms. The maximum absolute atomic E-state index is 13.2. The van der Waals surface area contributed by atoms with E-state index in [2.05, 4.69) is 0 Å². The van der Waals surface area contributed by atoms with Crippen molar-refractivity contribution in [2.75, 3.05) is 27.4 Å². The first-order valence-electron chi connectivity index (χ1n) is 10.8. The van der Waals surface area contributed by atoms with Crippen LogP contribution < -0.4 is 9.47 Å². The van der Waals surface area contributed by atoms with Crippen molar-refractivity contribution in [3.63, 3.8) is 0 Å². The van der Waals surface area contributed by atoms with Gasteiger partial charge in [0.1, 0.15) is 11.5 Å². The first-order valence-corrected chi connectivity index (χ1v) is 10.8. The molecular formula is C25H27NO7. The van der Waals surface area contributed by atoms with Gasteiger partial charge in [0.2, 0.25) is 0 Å². The van der Waals surface area contributed by atoms with Gasteiger partial charge in [0, 0.05) is 18.7 Å². The summed E-state index contributed by atoms with van der Waals surface area (Å²) in [4.78, 5) is 27.7. The van der Waals surface area contributed by atoms with Crippen LogP contribution in [0.5, 0.6) is 17.2 Å². The number of rotatable bonds is 6. The molecule has 0 radical (unpaired) electrons. The van der Waals surface area contributed by atoms with E-state index < -0.39 is 17.7 Å². The highest BCUT2D eigenvalue weighted by Gasteiger charge is 2.47. The SMILES string of the molecule is COc1ccc(/C(O)=C2/C(=O)C(=O)N(CC3CCCO3)C2c2ccc(OC)c(O)c2)c(C)c1. The van der Waals surface area contributed by atoms with E-state index in [0.29, 0.717) is 29.0 Å². The molecule has 4 rings (SSSR count). The Morgan fingerprint density at radius 2 is 1.94 bits per heavy atom. The molecule has 0 saturated carbocycles. The van der Waals surface area contributed by atoms with Gasteiger partial charge in [-0.15, -0.1) is 0 Å². The molecule has 2 aliphatic heterocycles. The van der Waals surface area contributed by atoms with Crippen LogP contribution in [0.1, 0.15) is 35.6 Å². The zero-order chi connectivity index (χ0) is 23.7. The van der Waals surface area contributed by atoms with Crippen LogP contribution in [-0.2, 0) is 14.3 Å². The number of aliphatic hydroxyl groups is 1. The summed E-state index contributed by atoms with van der Waals surface area (Å²) in [6.45, 7) is 2.60. The van der Waals surface area contributed by atoms with Crippen molar-refractivity contribution in [3.8, 4) is 17.2 Å². The van der Waals surface area contributed by atoms with Crippen LogP contribution in [0, 0.1) is 6.92 Å². The third-order valence-corrected chi connectivity index (χ3v) is 6.17. The number of methoxy groups -OCH3 is 2. The minimum atomic E-state index is -0.882. The Kier molecular flexibility index (Phi) is 6.29. The number of likely N-dealkylation sites (tertiary alicyclic amines) is 1. The van der Waals surface area contributed by atoms with E-state index in [-0.39, 0.29) is 35.5 Å². The summed E-state index contributed by atoms with van der Waals surface area (Å²) in [5.41, 5.74) is 1.57. The molecule has 8 nitrogen and oxygen atoms in total. The number of aryl methyl sites for hydroxylation is 1. The predicted octanol–water partition coefficient (Wildman–Crippen LogP) is 3.32. The van der Waals surface area contributed by atoms with Gasteiger partial charge in [-0.05, 0) is 61.2 Å². The lowest BCUT2D eigenvalue weighted by molar-refractivity contribution is -0.140. The molecule has 2 aromatic rings. The zero-order valence-electron chi connectivity index (χ0n) is 18.8. The van der Waals surface area contributed by atoms with Crippen molar-refractivity contribution < 1.29 is 34.0 Å². The quantitative estimate of drug-likeness (QED) is 0.393. The Morgan fingerprint density at radius 3 is 2.55 bits per heavy atom. The summed E-state index contributed by atoms with van der Waals surface area (Å²) < 4.78 is 16.1. The molecule has 2 aliphatic rings. The summed E-state index contributed by atoms with van der Waals surface area (Å²) in [6, 6.07) is 8.88. The first kappa shape index (κ1) is 22.7. The smallest absolute Gasteiger partial charge is 0.295 e. The molecular weight excluding hydrogens is 426 g/mol. The fourth-order valence-corrected chi connectivity index (χ4v) is 4.47. The lowest BCUT2D eigenvalue weighted by Crippen LogP contribution is -2.36. The summed E-state index contributed by atoms with van der Waals surface area (Å²) in [7, 11) is 2.98. The maximum Gasteiger partial charge on any atom is 0.295 e. The van der Waals surface area contributed by atoms with Crippen molar-refractivity contribution in [2.24, 2.45) is 0 Å². The van der Waals surface area contributed by atoms with Gasteiger partial charge in [0.25, 0.3) is 11.7 Å². The summed E-state index contributed by atoms with van der Waals surface area (Å²) in [5, 5.41) is 21.6. The molecule has 1 amide bonds. The third kappa shape index (κ3) is 4.14. The largest absolute Gasteiger partial charge is 0.507 e. The van der Waals surface area contributed by atoms with Crippen molar-refractivity contribution in [1.82, 2.24) is 4.90 Å². The van der Waals surface area contributed by atoms with Crippen molar-refractivity contribution >= 4 is 17.4 Å². The van der Waals surface area contributed by atoms with Crippen LogP contribution in [0.15, 0.2) is 42.0 Å². The van der Waals surface area contributed by atoms with E-state index in [1.54, 1.807) is 44.4 Å². The minimum absolute atomic E-state index is 0.0316. The van der Waals surface area contributed by atoms with E-state index >= 15 is 0 Å². The van der Waals surface area contributed by atoms with E-state index in [0.717, 1.165) is 12.8 Å². The Hall–Kier alpha value is -3.52. The van der Waals surface area contributed by atoms with Crippen LogP contribution >= 0.6 is 0 Å². The normalized spacial score (nSPS) is 22.1. The van der Waals surface area contributed by atoms with Gasteiger partial charge in [-0.25, -0.2) is 0 Å². The molecule has 2 fully saturated rings. The van der Waals surface area contributed by atoms with E-state index in [4.69, 9.17) is 14.2 Å². The first-order chi connectivity index (χ1) is 15.8. The predicted molar refractivity (Wildman–Crippen MR) is 120 cm³/mol. The summed E-state index contributed by atoms with van der Waals surface area (Å²) >= 11 is 0. The van der Waals surface area contributed by atoms with Gasteiger partial charge >= 0.3 is 0 Å². The van der Waals surface area contributed by atoms with Gasteiger partial charge in [-0.3, -0.25) is 9.59 Å². The number of ether oxygens (including phenoxy) is 3. The highest BCUT2D eigenvalue weighted by Crippen LogP contribution is 2.42. The second-order valence-electron chi connectivity index (χ2n) is 8.20. The molecule has 2 atom stereocenters. The molecule has 2 unspecified atom stereocenters. The summed E-state index contributed by atoms with van der Waals surface area (Å²) in [6.07, 6.45) is 1.47. The van der Waals surface area contributed by atoms with Gasteiger partial charge in [0.05, 0.1) is 31.9 Å². The number of amides is 1. The molecule has 8 heteroatoms. The number of hydrogen-bond donors (Lipinski definition) is 2. The van der Waals surface area contributed by atoms with E-state index in [1.807, 2.05) is 0 Å². The molecule has 2 saturated heterocycles. The number of carbonyl (C=O) groups is 2. The highest BCUT2D eigenvalue weighted by molar-refractivity contribution is 6.46. The average Bonchev–Trinajstić information content (AvgIpc) is 3.41. The molecule has 174 valence electrons. The van der Waals surface area contributed by atoms with Crippen LogP contribution in [-0.4, -0.2) is 60.3 Å². The van der Waals surface area contributed by atoms with Gasteiger partial charge in [0.15, 0.2) is 11.5 Å². The Morgan fingerprint density at radius 1 is 1.15 bits per heavy atom. The molecule has 0 aliphatic carbocycles. The molecule has 0 spiro atoms. The molecule has 2 aromatic carbocycles. The van der Waals surface area contributed by atoms with Gasteiger partial charge in [-0.1, -0.05) is 6.07 Å². The van der Waals surface area contributed by atoms with Crippen molar-refractivity contribution in [3.05, 3.63) is 58.7 Å². The summed E-state index contributed by atoms with van der Waals surface area (Å²) in [5.74, 6) is -1.01. The van der Waals surface area contributed by atoms with Crippen LogP contribution in [0.3, 0.4) is 0 Å². The molecule has 2 N–H and O–H groups in total. The Labute approximate surface area is 192 Å². The number of carbonyl (C=O) groups excluding carboxylic acids is 2.